The standard InChI is InChI=1S/C14H23BrN4/c1-4-13-16-12(15)10-14(17-13)18(3)11-6-8-19(5-2)9-7-11/h10-11H,4-9H2,1-3H3. The molecule has 19 heavy (non-hydrogen) atoms. The smallest absolute Gasteiger partial charge is 0.133 e. The van der Waals surface area contributed by atoms with Crippen LogP contribution in [0.5, 0.6) is 0 Å². The summed E-state index contributed by atoms with van der Waals surface area (Å²) in [5, 5.41) is 0. The van der Waals surface area contributed by atoms with Crippen LogP contribution >= 0.6 is 15.9 Å². The quantitative estimate of drug-likeness (QED) is 0.796. The number of halogens is 1. The fraction of sp³-hybridized carbons (Fsp3) is 0.714. The maximum Gasteiger partial charge on any atom is 0.133 e. The van der Waals surface area contributed by atoms with E-state index in [1.54, 1.807) is 0 Å². The van der Waals surface area contributed by atoms with Gasteiger partial charge in [0.25, 0.3) is 0 Å². The van der Waals surface area contributed by atoms with Gasteiger partial charge in [-0.05, 0) is 35.3 Å². The van der Waals surface area contributed by atoms with Crippen LogP contribution in [0.25, 0.3) is 0 Å². The highest BCUT2D eigenvalue weighted by Gasteiger charge is 2.22. The molecular weight excluding hydrogens is 304 g/mol. The zero-order valence-electron chi connectivity index (χ0n) is 12.1. The molecule has 106 valence electrons. The summed E-state index contributed by atoms with van der Waals surface area (Å²) >= 11 is 3.48. The Labute approximate surface area is 124 Å². The first-order chi connectivity index (χ1) is 9.13. The van der Waals surface area contributed by atoms with E-state index in [1.807, 2.05) is 6.07 Å². The van der Waals surface area contributed by atoms with Crippen molar-refractivity contribution in [3.8, 4) is 0 Å². The minimum atomic E-state index is 0.592. The van der Waals surface area contributed by atoms with Crippen molar-refractivity contribution in [1.82, 2.24) is 14.9 Å². The fourth-order valence-corrected chi connectivity index (χ4v) is 3.01. The van der Waals surface area contributed by atoms with Crippen molar-refractivity contribution in [3.05, 3.63) is 16.5 Å². The van der Waals surface area contributed by atoms with Crippen LogP contribution in [0.2, 0.25) is 0 Å². The molecule has 1 saturated heterocycles. The average Bonchev–Trinajstić information content (AvgIpc) is 2.46. The predicted octanol–water partition coefficient (Wildman–Crippen LogP) is 2.72. The summed E-state index contributed by atoms with van der Waals surface area (Å²) in [7, 11) is 2.15. The molecule has 1 fully saturated rings. The summed E-state index contributed by atoms with van der Waals surface area (Å²) in [6, 6.07) is 2.61. The van der Waals surface area contributed by atoms with Gasteiger partial charge in [-0.25, -0.2) is 9.97 Å². The molecule has 4 nitrogen and oxygen atoms in total. The minimum absolute atomic E-state index is 0.592. The van der Waals surface area contributed by atoms with Gasteiger partial charge in [-0.2, -0.15) is 0 Å². The molecule has 0 radical (unpaired) electrons. The topological polar surface area (TPSA) is 32.3 Å². The fourth-order valence-electron chi connectivity index (χ4n) is 2.60. The first kappa shape index (κ1) is 14.7. The Bertz CT molecular complexity index is 416. The third-order valence-corrected chi connectivity index (χ3v) is 4.36. The largest absolute Gasteiger partial charge is 0.356 e. The lowest BCUT2D eigenvalue weighted by Gasteiger charge is -2.36. The van der Waals surface area contributed by atoms with Crippen molar-refractivity contribution in [1.29, 1.82) is 0 Å². The Hall–Kier alpha value is -0.680. The Morgan fingerprint density at radius 2 is 2.00 bits per heavy atom. The van der Waals surface area contributed by atoms with Gasteiger partial charge in [0, 0.05) is 38.7 Å². The van der Waals surface area contributed by atoms with Crippen molar-refractivity contribution >= 4 is 21.7 Å². The summed E-state index contributed by atoms with van der Waals surface area (Å²) < 4.78 is 0.882. The monoisotopic (exact) mass is 326 g/mol. The lowest BCUT2D eigenvalue weighted by atomic mass is 10.0. The molecule has 1 aliphatic heterocycles. The summed E-state index contributed by atoms with van der Waals surface area (Å²) in [5.41, 5.74) is 0. The molecule has 5 heteroatoms. The number of rotatable bonds is 4. The average molecular weight is 327 g/mol. The third kappa shape index (κ3) is 3.66. The number of hydrogen-bond donors (Lipinski definition) is 0. The number of aromatic nitrogens is 2. The predicted molar refractivity (Wildman–Crippen MR) is 82.6 cm³/mol. The van der Waals surface area contributed by atoms with Crippen LogP contribution in [0.1, 0.15) is 32.5 Å². The summed E-state index contributed by atoms with van der Waals surface area (Å²) in [6.07, 6.45) is 3.30. The normalized spacial score (nSPS) is 17.7. The molecule has 0 aliphatic carbocycles. The maximum absolute atomic E-state index is 4.64. The molecule has 1 aliphatic rings. The first-order valence-electron chi connectivity index (χ1n) is 7.12. The molecule has 0 N–H and O–H groups in total. The van der Waals surface area contributed by atoms with Crippen LogP contribution in [0, 0.1) is 0 Å². The molecule has 1 aromatic heterocycles. The lowest BCUT2D eigenvalue weighted by molar-refractivity contribution is 0.220. The molecule has 0 amide bonds. The molecule has 2 rings (SSSR count). The minimum Gasteiger partial charge on any atom is -0.356 e. The van der Waals surface area contributed by atoms with Crippen molar-refractivity contribution in [2.45, 2.75) is 39.2 Å². The van der Waals surface area contributed by atoms with Gasteiger partial charge in [-0.15, -0.1) is 0 Å². The van der Waals surface area contributed by atoms with E-state index >= 15 is 0 Å². The highest BCUT2D eigenvalue weighted by Crippen LogP contribution is 2.22. The highest BCUT2D eigenvalue weighted by molar-refractivity contribution is 9.10. The van der Waals surface area contributed by atoms with Gasteiger partial charge in [0.05, 0.1) is 0 Å². The van der Waals surface area contributed by atoms with Crippen molar-refractivity contribution in [3.63, 3.8) is 0 Å². The van der Waals surface area contributed by atoms with Gasteiger partial charge >= 0.3 is 0 Å². The number of anilines is 1. The Kier molecular flexibility index (Phi) is 5.16. The number of piperidine rings is 1. The lowest BCUT2D eigenvalue weighted by Crippen LogP contribution is -2.43. The van der Waals surface area contributed by atoms with E-state index in [9.17, 15) is 0 Å². The van der Waals surface area contributed by atoms with Gasteiger partial charge in [-0.3, -0.25) is 0 Å². The zero-order valence-corrected chi connectivity index (χ0v) is 13.7. The molecule has 0 bridgehead atoms. The third-order valence-electron chi connectivity index (χ3n) is 3.96. The molecule has 1 aromatic rings. The second kappa shape index (κ2) is 6.66. The number of aryl methyl sites for hydroxylation is 1. The van der Waals surface area contributed by atoms with E-state index in [2.05, 4.69) is 56.6 Å². The Morgan fingerprint density at radius 3 is 2.58 bits per heavy atom. The van der Waals surface area contributed by atoms with Crippen molar-refractivity contribution < 1.29 is 0 Å². The van der Waals surface area contributed by atoms with Gasteiger partial charge in [-0.1, -0.05) is 13.8 Å². The first-order valence-corrected chi connectivity index (χ1v) is 7.92. The van der Waals surface area contributed by atoms with Gasteiger partial charge < -0.3 is 9.80 Å². The van der Waals surface area contributed by atoms with E-state index in [4.69, 9.17) is 0 Å². The van der Waals surface area contributed by atoms with Gasteiger partial charge in [0.1, 0.15) is 16.2 Å². The summed E-state index contributed by atoms with van der Waals surface area (Å²) in [6.45, 7) is 7.87. The molecule has 0 unspecified atom stereocenters. The maximum atomic E-state index is 4.64. The van der Waals surface area contributed by atoms with Crippen LogP contribution < -0.4 is 4.90 Å². The van der Waals surface area contributed by atoms with Gasteiger partial charge in [0.2, 0.25) is 0 Å². The zero-order chi connectivity index (χ0) is 13.8. The van der Waals surface area contributed by atoms with Crippen LogP contribution in [0.4, 0.5) is 5.82 Å². The number of hydrogen-bond acceptors (Lipinski definition) is 4. The molecule has 0 atom stereocenters. The van der Waals surface area contributed by atoms with Crippen LogP contribution in [0.15, 0.2) is 10.7 Å². The molecule has 0 aromatic carbocycles. The molecule has 0 spiro atoms. The van der Waals surface area contributed by atoms with E-state index in [1.165, 1.54) is 25.9 Å². The Balaban J connectivity index is 2.07. The van der Waals surface area contributed by atoms with E-state index in [0.29, 0.717) is 6.04 Å². The SMILES string of the molecule is CCc1nc(Br)cc(N(C)C2CCN(CC)CC2)n1. The van der Waals surface area contributed by atoms with E-state index in [-0.39, 0.29) is 0 Å². The Morgan fingerprint density at radius 1 is 1.32 bits per heavy atom. The number of nitrogens with zero attached hydrogens (tertiary/aromatic N) is 4. The van der Waals surface area contributed by atoms with Crippen LogP contribution in [0.3, 0.4) is 0 Å². The second-order valence-corrected chi connectivity index (χ2v) is 5.91. The van der Waals surface area contributed by atoms with Crippen molar-refractivity contribution in [2.75, 3.05) is 31.6 Å². The highest BCUT2D eigenvalue weighted by atomic mass is 79.9. The summed E-state index contributed by atoms with van der Waals surface area (Å²) in [5.74, 6) is 1.94. The second-order valence-electron chi connectivity index (χ2n) is 5.09. The van der Waals surface area contributed by atoms with E-state index < -0.39 is 0 Å². The summed E-state index contributed by atoms with van der Waals surface area (Å²) in [4.78, 5) is 13.8. The van der Waals surface area contributed by atoms with E-state index in [0.717, 1.165) is 29.2 Å². The van der Waals surface area contributed by atoms with Crippen LogP contribution in [-0.4, -0.2) is 47.6 Å². The molecule has 2 heterocycles. The number of likely N-dealkylation sites (tertiary alicyclic amines) is 1. The molecular formula is C14H23BrN4. The van der Waals surface area contributed by atoms with Gasteiger partial charge in [0.15, 0.2) is 0 Å². The van der Waals surface area contributed by atoms with Crippen molar-refractivity contribution in [2.24, 2.45) is 0 Å². The molecule has 0 saturated carbocycles. The van der Waals surface area contributed by atoms with Crippen LogP contribution in [-0.2, 0) is 6.42 Å².